The molecule has 0 radical (unpaired) electrons. The van der Waals surface area contributed by atoms with Crippen LogP contribution in [0.25, 0.3) is 0 Å². The molecule has 0 spiro atoms. The number of rotatable bonds is 6. The smallest absolute Gasteiger partial charge is 0.256 e. The minimum atomic E-state index is -0.434. The van der Waals surface area contributed by atoms with E-state index in [1.54, 1.807) is 29.2 Å². The minimum Gasteiger partial charge on any atom is -0.361 e. The SMILES string of the molecule is Cc1ccc(NC(=O)c2cccc(NC3c4ccccc4C(=O)N3Cc3ccc(F)cc3)c2)cc1C. The number of nitrogens with one attached hydrogen (secondary N) is 2. The third-order valence-corrected chi connectivity index (χ3v) is 6.52. The highest BCUT2D eigenvalue weighted by molar-refractivity contribution is 6.05. The molecule has 4 aromatic carbocycles. The molecule has 0 aromatic heterocycles. The number of hydrogen-bond donors (Lipinski definition) is 2. The molecule has 5 nitrogen and oxygen atoms in total. The van der Waals surface area contributed by atoms with Crippen LogP contribution < -0.4 is 10.6 Å². The molecule has 36 heavy (non-hydrogen) atoms. The summed E-state index contributed by atoms with van der Waals surface area (Å²) in [4.78, 5) is 27.9. The molecule has 0 aliphatic carbocycles. The van der Waals surface area contributed by atoms with Crippen molar-refractivity contribution in [2.24, 2.45) is 0 Å². The lowest BCUT2D eigenvalue weighted by Gasteiger charge is -2.27. The van der Waals surface area contributed by atoms with Gasteiger partial charge >= 0.3 is 0 Å². The molecular weight excluding hydrogens is 453 g/mol. The van der Waals surface area contributed by atoms with Gasteiger partial charge in [-0.25, -0.2) is 4.39 Å². The van der Waals surface area contributed by atoms with Crippen LogP contribution >= 0.6 is 0 Å². The van der Waals surface area contributed by atoms with E-state index in [-0.39, 0.29) is 17.6 Å². The van der Waals surface area contributed by atoms with Crippen molar-refractivity contribution in [1.82, 2.24) is 4.90 Å². The van der Waals surface area contributed by atoms with Crippen LogP contribution in [0, 0.1) is 19.7 Å². The van der Waals surface area contributed by atoms with Crippen LogP contribution in [0.1, 0.15) is 49.1 Å². The van der Waals surface area contributed by atoms with Crippen LogP contribution in [0.4, 0.5) is 15.8 Å². The second-order valence-corrected chi connectivity index (χ2v) is 9.03. The molecule has 1 aliphatic heterocycles. The first-order valence-electron chi connectivity index (χ1n) is 11.8. The summed E-state index contributed by atoms with van der Waals surface area (Å²) < 4.78 is 13.4. The summed E-state index contributed by atoms with van der Waals surface area (Å²) in [5, 5.41) is 6.39. The molecule has 0 fully saturated rings. The van der Waals surface area contributed by atoms with E-state index in [2.05, 4.69) is 10.6 Å². The first-order chi connectivity index (χ1) is 17.4. The van der Waals surface area contributed by atoms with Gasteiger partial charge in [-0.2, -0.15) is 0 Å². The van der Waals surface area contributed by atoms with Crippen molar-refractivity contribution < 1.29 is 14.0 Å². The Hall–Kier alpha value is -4.45. The summed E-state index contributed by atoms with van der Waals surface area (Å²) >= 11 is 0. The largest absolute Gasteiger partial charge is 0.361 e. The number of carbonyl (C=O) groups excluding carboxylic acids is 2. The first-order valence-corrected chi connectivity index (χ1v) is 11.8. The number of halogens is 1. The Bertz CT molecular complexity index is 1450. The van der Waals surface area contributed by atoms with Gasteiger partial charge in [-0.3, -0.25) is 9.59 Å². The van der Waals surface area contributed by atoms with Crippen LogP contribution in [0.2, 0.25) is 0 Å². The standard InChI is InChI=1S/C30H26FN3O2/c1-19-10-15-25(16-20(19)2)33-29(35)22-6-5-7-24(17-22)32-28-26-8-3-4-9-27(26)30(36)34(28)18-21-11-13-23(31)14-12-21/h3-17,28,32H,18H2,1-2H3,(H,33,35). The Labute approximate surface area is 209 Å². The Kier molecular flexibility index (Phi) is 6.25. The summed E-state index contributed by atoms with van der Waals surface area (Å²) in [6.45, 7) is 4.35. The van der Waals surface area contributed by atoms with E-state index in [9.17, 15) is 14.0 Å². The Morgan fingerprint density at radius 2 is 1.64 bits per heavy atom. The lowest BCUT2D eigenvalue weighted by atomic mass is 10.1. The highest BCUT2D eigenvalue weighted by Gasteiger charge is 2.36. The van der Waals surface area contributed by atoms with Gasteiger partial charge in [0.05, 0.1) is 0 Å². The number of fused-ring (bicyclic) bond motifs is 1. The van der Waals surface area contributed by atoms with E-state index in [0.717, 1.165) is 27.9 Å². The summed E-state index contributed by atoms with van der Waals surface area (Å²) in [5.41, 5.74) is 6.52. The third-order valence-electron chi connectivity index (χ3n) is 6.52. The molecule has 6 heteroatoms. The molecular formula is C30H26FN3O2. The Morgan fingerprint density at radius 1 is 0.861 bits per heavy atom. The number of amides is 2. The van der Waals surface area contributed by atoms with Crippen molar-refractivity contribution in [3.8, 4) is 0 Å². The molecule has 2 N–H and O–H groups in total. The highest BCUT2D eigenvalue weighted by atomic mass is 19.1. The molecule has 1 atom stereocenters. The van der Waals surface area contributed by atoms with E-state index < -0.39 is 6.17 Å². The molecule has 0 saturated heterocycles. The van der Waals surface area contributed by atoms with Crippen molar-refractivity contribution in [3.63, 3.8) is 0 Å². The predicted molar refractivity (Wildman–Crippen MR) is 139 cm³/mol. The van der Waals surface area contributed by atoms with Crippen LogP contribution in [0.5, 0.6) is 0 Å². The summed E-state index contributed by atoms with van der Waals surface area (Å²) in [7, 11) is 0. The van der Waals surface area contributed by atoms with Crippen LogP contribution in [-0.4, -0.2) is 16.7 Å². The molecule has 1 heterocycles. The molecule has 1 aliphatic rings. The third kappa shape index (κ3) is 4.70. The van der Waals surface area contributed by atoms with Crippen LogP contribution in [0.3, 0.4) is 0 Å². The van der Waals surface area contributed by atoms with Gasteiger partial charge in [0.25, 0.3) is 11.8 Å². The first kappa shape index (κ1) is 23.3. The van der Waals surface area contributed by atoms with Gasteiger partial charge in [0.1, 0.15) is 12.0 Å². The second-order valence-electron chi connectivity index (χ2n) is 9.03. The van der Waals surface area contributed by atoms with Gasteiger partial charge in [-0.15, -0.1) is 0 Å². The zero-order chi connectivity index (χ0) is 25.2. The molecule has 180 valence electrons. The van der Waals surface area contributed by atoms with Gasteiger partial charge in [0.2, 0.25) is 0 Å². The van der Waals surface area contributed by atoms with Crippen molar-refractivity contribution in [2.75, 3.05) is 10.6 Å². The molecule has 4 aromatic rings. The van der Waals surface area contributed by atoms with Crippen molar-refractivity contribution in [3.05, 3.63) is 130 Å². The molecule has 5 rings (SSSR count). The number of hydrogen-bond acceptors (Lipinski definition) is 3. The quantitative estimate of drug-likeness (QED) is 0.334. The van der Waals surface area contributed by atoms with Crippen LogP contribution in [0.15, 0.2) is 91.0 Å². The normalized spacial score (nSPS) is 14.5. The maximum Gasteiger partial charge on any atom is 0.256 e. The highest BCUT2D eigenvalue weighted by Crippen LogP contribution is 2.35. The fourth-order valence-corrected chi connectivity index (χ4v) is 4.41. The summed E-state index contributed by atoms with van der Waals surface area (Å²) in [6.07, 6.45) is -0.434. The van der Waals surface area contributed by atoms with Gasteiger partial charge in [0.15, 0.2) is 0 Å². The molecule has 2 amide bonds. The molecule has 0 bridgehead atoms. The van der Waals surface area contributed by atoms with Gasteiger partial charge in [0, 0.05) is 34.6 Å². The van der Waals surface area contributed by atoms with Crippen molar-refractivity contribution >= 4 is 23.2 Å². The number of aryl methyl sites for hydroxylation is 2. The number of carbonyl (C=O) groups is 2. The lowest BCUT2D eigenvalue weighted by Crippen LogP contribution is -2.32. The summed E-state index contributed by atoms with van der Waals surface area (Å²) in [6, 6.07) is 26.6. The van der Waals surface area contributed by atoms with Crippen molar-refractivity contribution in [1.29, 1.82) is 0 Å². The van der Waals surface area contributed by atoms with Gasteiger partial charge in [-0.1, -0.05) is 42.5 Å². The maximum atomic E-state index is 13.4. The Morgan fingerprint density at radius 3 is 2.42 bits per heavy atom. The minimum absolute atomic E-state index is 0.101. The number of anilines is 2. The van der Waals surface area contributed by atoms with Gasteiger partial charge < -0.3 is 15.5 Å². The Balaban J connectivity index is 1.39. The summed E-state index contributed by atoms with van der Waals surface area (Å²) in [5.74, 6) is -0.635. The monoisotopic (exact) mass is 479 g/mol. The topological polar surface area (TPSA) is 61.4 Å². The average Bonchev–Trinajstić information content (AvgIpc) is 3.14. The van der Waals surface area contributed by atoms with E-state index in [1.165, 1.54) is 12.1 Å². The van der Waals surface area contributed by atoms with Gasteiger partial charge in [-0.05, 0) is 79.1 Å². The lowest BCUT2D eigenvalue weighted by molar-refractivity contribution is 0.0728. The number of nitrogens with zero attached hydrogens (tertiary/aromatic N) is 1. The van der Waals surface area contributed by atoms with Crippen molar-refractivity contribution in [2.45, 2.75) is 26.6 Å². The van der Waals surface area contributed by atoms with Crippen LogP contribution in [-0.2, 0) is 6.54 Å². The number of benzene rings is 4. The molecule has 0 saturated carbocycles. The average molecular weight is 480 g/mol. The fraction of sp³-hybridized carbons (Fsp3) is 0.133. The van der Waals surface area contributed by atoms with E-state index in [0.29, 0.717) is 23.4 Å². The zero-order valence-corrected chi connectivity index (χ0v) is 20.1. The zero-order valence-electron chi connectivity index (χ0n) is 20.1. The van der Waals surface area contributed by atoms with E-state index >= 15 is 0 Å². The van der Waals surface area contributed by atoms with E-state index in [1.807, 2.05) is 68.4 Å². The predicted octanol–water partition coefficient (Wildman–Crippen LogP) is 6.46. The second kappa shape index (κ2) is 9.66. The maximum absolute atomic E-state index is 13.4. The van der Waals surface area contributed by atoms with E-state index in [4.69, 9.17) is 0 Å². The fourth-order valence-electron chi connectivity index (χ4n) is 4.41. The molecule has 1 unspecified atom stereocenters.